The van der Waals surface area contributed by atoms with Crippen molar-refractivity contribution in [1.29, 1.82) is 0 Å². The molecule has 12 aliphatic rings. The predicted octanol–water partition coefficient (Wildman–Crippen LogP) is 16.6. The van der Waals surface area contributed by atoms with Gasteiger partial charge in [-0.05, 0) is 290 Å². The normalized spacial score (nSPS) is 41.8. The number of aliphatic hydroxyl groups is 3. The molecule has 0 radical (unpaired) electrons. The van der Waals surface area contributed by atoms with E-state index in [-0.39, 0.29) is 74.8 Å². The highest BCUT2D eigenvalue weighted by molar-refractivity contribution is 7.92. The zero-order chi connectivity index (χ0) is 67.2. The highest BCUT2D eigenvalue weighted by Gasteiger charge is 2.67. The first kappa shape index (κ1) is 71.8. The number of hydrogen-bond donors (Lipinski definition) is 3. The number of benzene rings is 2. The molecule has 2 saturated heterocycles. The molecular weight excluding hydrogens is 1200 g/mol. The summed E-state index contributed by atoms with van der Waals surface area (Å²) in [6, 6.07) is 17.6. The lowest BCUT2D eigenvalue weighted by atomic mass is 9.43. The van der Waals surface area contributed by atoms with Crippen molar-refractivity contribution in [1.82, 2.24) is 0 Å². The quantitative estimate of drug-likeness (QED) is 0.192. The summed E-state index contributed by atoms with van der Waals surface area (Å²) in [6.07, 6.45) is 25.8. The zero-order valence-electron chi connectivity index (χ0n) is 59.6. The van der Waals surface area contributed by atoms with Gasteiger partial charge in [0.05, 0.1) is 49.8 Å². The SMILES string of the molecule is C1CCOC1.CC1(C)CCC2(CC1)CO2.C[C@H](C(CC1(O)CCC(C)(C)CC1)S(=O)(=O)c1ccccc1)[C@H]1CC[C@H]2[C@@H]3CC[C@@H]4C[C@@](C)(O)CC[C@]4(C)[C@H]3C(=O)C[C@]12C.C[C@H](CS(=O)(=O)c1ccccc1)[C@H]1CC[C@H]2[C@@H]3CC[C@@H]4C[C@@](C)(O)CC[C@]4(C)[C@H]3C(=O)C[C@]12C. The van der Waals surface area contributed by atoms with Gasteiger partial charge in [-0.1, -0.05) is 106 Å². The van der Waals surface area contributed by atoms with Crippen LogP contribution < -0.4 is 0 Å². The van der Waals surface area contributed by atoms with Gasteiger partial charge in [0, 0.05) is 37.9 Å². The molecule has 13 heteroatoms. The highest BCUT2D eigenvalue weighted by Crippen LogP contribution is 2.70. The Kier molecular flexibility index (Phi) is 20.2. The van der Waals surface area contributed by atoms with Crippen LogP contribution in [0, 0.1) is 104 Å². The molecule has 2 aromatic rings. The van der Waals surface area contributed by atoms with Crippen LogP contribution in [0.2, 0.25) is 0 Å². The van der Waals surface area contributed by atoms with E-state index in [0.29, 0.717) is 93.6 Å². The first-order chi connectivity index (χ1) is 43.4. The van der Waals surface area contributed by atoms with E-state index in [1.165, 1.54) is 38.5 Å². The first-order valence-corrected chi connectivity index (χ1v) is 40.6. The Labute approximate surface area is 562 Å². The van der Waals surface area contributed by atoms with Gasteiger partial charge in [-0.3, -0.25) is 9.59 Å². The maximum Gasteiger partial charge on any atom is 0.181 e. The predicted molar refractivity (Wildman–Crippen MR) is 370 cm³/mol. The van der Waals surface area contributed by atoms with Gasteiger partial charge in [0.2, 0.25) is 0 Å². The van der Waals surface area contributed by atoms with Crippen LogP contribution in [0.15, 0.2) is 70.5 Å². The number of sulfone groups is 2. The largest absolute Gasteiger partial charge is 0.390 e. The van der Waals surface area contributed by atoms with Crippen molar-refractivity contribution in [2.75, 3.05) is 25.6 Å². The number of hydrogen-bond acceptors (Lipinski definition) is 11. The van der Waals surface area contributed by atoms with Crippen LogP contribution in [-0.2, 0) is 38.7 Å². The summed E-state index contributed by atoms with van der Waals surface area (Å²) in [5, 5.41) is 32.8. The van der Waals surface area contributed by atoms with Gasteiger partial charge in [-0.25, -0.2) is 16.8 Å². The summed E-state index contributed by atoms with van der Waals surface area (Å²) in [4.78, 5) is 29.0. The molecule has 0 aromatic heterocycles. The first-order valence-electron chi connectivity index (χ1n) is 37.4. The lowest BCUT2D eigenvalue weighted by molar-refractivity contribution is -0.169. The number of ketones is 2. The molecule has 0 amide bonds. The summed E-state index contributed by atoms with van der Waals surface area (Å²) in [5.41, 5.74) is -1.45. The highest BCUT2D eigenvalue weighted by atomic mass is 32.2. The van der Waals surface area contributed by atoms with E-state index in [0.717, 1.165) is 123 Å². The van der Waals surface area contributed by atoms with Crippen LogP contribution in [0.3, 0.4) is 0 Å². The molecule has 10 aliphatic carbocycles. The molecule has 1 spiro atoms. The summed E-state index contributed by atoms with van der Waals surface area (Å²) < 4.78 is 65.6. The van der Waals surface area contributed by atoms with Gasteiger partial charge in [-0.15, -0.1) is 0 Å². The van der Waals surface area contributed by atoms with Gasteiger partial charge >= 0.3 is 0 Å². The molecule has 12 fully saturated rings. The second kappa shape index (κ2) is 26.2. The smallest absolute Gasteiger partial charge is 0.181 e. The second-order valence-corrected chi connectivity index (χ2v) is 41.2. The lowest BCUT2D eigenvalue weighted by Gasteiger charge is -2.61. The number of rotatable bonds is 10. The van der Waals surface area contributed by atoms with Crippen molar-refractivity contribution in [2.24, 2.45) is 104 Å². The minimum absolute atomic E-state index is 0.00389. The average Bonchev–Trinajstić information content (AvgIpc) is 1.70. The third-order valence-electron chi connectivity index (χ3n) is 29.4. The van der Waals surface area contributed by atoms with Crippen LogP contribution in [0.4, 0.5) is 0 Å². The average molecular weight is 1330 g/mol. The fourth-order valence-corrected chi connectivity index (χ4v) is 27.3. The maximum absolute atomic E-state index is 14.5. The number of ether oxygens (including phenoxy) is 2. The minimum atomic E-state index is -3.71. The van der Waals surface area contributed by atoms with Gasteiger partial charge < -0.3 is 24.8 Å². The van der Waals surface area contributed by atoms with Gasteiger partial charge in [0.1, 0.15) is 11.6 Å². The molecule has 3 N–H and O–H groups in total. The van der Waals surface area contributed by atoms with Gasteiger partial charge in [0.15, 0.2) is 19.7 Å². The number of Topliss-reactive ketones (excluding diaryl/α,β-unsaturated/α-hetero) is 2. The van der Waals surface area contributed by atoms with Crippen LogP contribution in [-0.4, -0.2) is 96.9 Å². The van der Waals surface area contributed by atoms with E-state index >= 15 is 0 Å². The monoisotopic (exact) mass is 1320 g/mol. The molecule has 522 valence electrons. The van der Waals surface area contributed by atoms with Crippen LogP contribution >= 0.6 is 0 Å². The molecule has 2 aliphatic heterocycles. The molecule has 0 bridgehead atoms. The zero-order valence-corrected chi connectivity index (χ0v) is 61.3. The van der Waals surface area contributed by atoms with E-state index in [1.807, 2.05) is 26.0 Å². The molecule has 2 aromatic carbocycles. The summed E-state index contributed by atoms with van der Waals surface area (Å²) in [5.74, 6) is 3.85. The van der Waals surface area contributed by atoms with Gasteiger partial charge in [-0.2, -0.15) is 0 Å². The van der Waals surface area contributed by atoms with Crippen molar-refractivity contribution in [2.45, 2.75) is 294 Å². The fraction of sp³-hybridized carbons (Fsp3) is 0.825. The van der Waals surface area contributed by atoms with Crippen molar-refractivity contribution < 1.29 is 51.2 Å². The van der Waals surface area contributed by atoms with E-state index in [1.54, 1.807) is 48.5 Å². The molecule has 2 heterocycles. The van der Waals surface area contributed by atoms with Gasteiger partial charge in [0.25, 0.3) is 0 Å². The third-order valence-corrected chi connectivity index (χ3v) is 33.7. The second-order valence-electron chi connectivity index (χ2n) is 37.0. The molecule has 93 heavy (non-hydrogen) atoms. The minimum Gasteiger partial charge on any atom is -0.390 e. The standard InChI is InChI=1S/C38H58O5S.C29H42O4S.C9H16O.C4H8O/c1-25(32(44(42,43)27-10-8-7-9-11-27)24-38(41)20-16-34(2,3)17-21-38)29-14-15-30-28-13-12-26-22-35(4,40)18-19-36(26,5)33(28)31(39)23-37(29,30)6;1-19(18-34(32,33)21-8-6-5-7-9-21)23-12-13-24-22-11-10-20-16-27(2,31)14-15-28(20,3)26(22)25(30)17-29(23,24)4;1-8(2)3-5-9(6-4-8)7-10-9;1-2-4-5-3-1/h7-11,25-26,28-30,32-33,40-41H,12-24H2,1-6H3;5-9,19-20,22-24,26,31H,10-18H2,1-4H3;3-7H2,1-2H3;1-4H2/t25-,26+,28-,29+,30-,32?,33+,35-,36-,37+;19-,20-,22+,23-,24+,26-,27+,28+,29-;;/m01../s1. The van der Waals surface area contributed by atoms with E-state index < -0.39 is 41.7 Å². The number of fused-ring (bicyclic) bond motifs is 10. The van der Waals surface area contributed by atoms with Crippen molar-refractivity contribution in [3.63, 3.8) is 0 Å². The van der Waals surface area contributed by atoms with Crippen molar-refractivity contribution in [3.05, 3.63) is 60.7 Å². The Morgan fingerprint density at radius 1 is 0.505 bits per heavy atom. The van der Waals surface area contributed by atoms with E-state index in [2.05, 4.69) is 69.2 Å². The molecule has 1 unspecified atom stereocenters. The van der Waals surface area contributed by atoms with Crippen LogP contribution in [0.1, 0.15) is 256 Å². The maximum atomic E-state index is 14.5. The summed E-state index contributed by atoms with van der Waals surface area (Å²) >= 11 is 0. The Morgan fingerprint density at radius 3 is 1.38 bits per heavy atom. The third kappa shape index (κ3) is 14.5. The number of carbonyl (C=O) groups is 2. The number of epoxide rings is 1. The molecule has 10 saturated carbocycles. The molecule has 19 atom stereocenters. The Morgan fingerprint density at radius 2 is 0.935 bits per heavy atom. The molecular formula is C80H124O11S2. The topological polar surface area (TPSA) is 185 Å². The Hall–Kier alpha value is -2.52. The van der Waals surface area contributed by atoms with E-state index in [4.69, 9.17) is 9.47 Å². The van der Waals surface area contributed by atoms with Crippen LogP contribution in [0.25, 0.3) is 0 Å². The molecule has 14 rings (SSSR count). The summed E-state index contributed by atoms with van der Waals surface area (Å²) in [7, 11) is -7.05. The lowest BCUT2D eigenvalue weighted by Crippen LogP contribution is -2.59. The molecule has 11 nitrogen and oxygen atoms in total. The Bertz CT molecular complexity index is 3150. The number of carbonyl (C=O) groups excluding carboxylic acids is 2. The summed E-state index contributed by atoms with van der Waals surface area (Å²) in [6.45, 7) is 29.7. The Balaban J connectivity index is 0.000000157. The van der Waals surface area contributed by atoms with Crippen molar-refractivity contribution >= 4 is 31.2 Å². The van der Waals surface area contributed by atoms with Crippen LogP contribution in [0.5, 0.6) is 0 Å². The fourth-order valence-electron chi connectivity index (χ4n) is 23.4. The van der Waals surface area contributed by atoms with E-state index in [9.17, 15) is 41.7 Å². The van der Waals surface area contributed by atoms with Crippen molar-refractivity contribution in [3.8, 4) is 0 Å².